The lowest BCUT2D eigenvalue weighted by Gasteiger charge is -2.08. The van der Waals surface area contributed by atoms with Crippen LogP contribution in [0.3, 0.4) is 0 Å². The smallest absolute Gasteiger partial charge is 0.225 e. The van der Waals surface area contributed by atoms with E-state index in [-0.39, 0.29) is 5.91 Å². The van der Waals surface area contributed by atoms with Gasteiger partial charge in [-0.25, -0.2) is 4.98 Å². The van der Waals surface area contributed by atoms with Gasteiger partial charge in [0.1, 0.15) is 5.82 Å². The molecule has 1 heterocycles. The van der Waals surface area contributed by atoms with Crippen molar-refractivity contribution < 1.29 is 4.79 Å². The quantitative estimate of drug-likeness (QED) is 0.640. The summed E-state index contributed by atoms with van der Waals surface area (Å²) in [7, 11) is 0. The van der Waals surface area contributed by atoms with Gasteiger partial charge in [-0.05, 0) is 36.1 Å². The number of anilines is 2. The van der Waals surface area contributed by atoms with Crippen LogP contribution in [0.5, 0.6) is 0 Å². The Hall–Kier alpha value is -3.14. The molecule has 2 aromatic carbocycles. The largest absolute Gasteiger partial charge is 0.383 e. The molecule has 2 N–H and O–H groups in total. The zero-order chi connectivity index (χ0) is 18.0. The highest BCUT2D eigenvalue weighted by Gasteiger charge is 2.04. The summed E-state index contributed by atoms with van der Waals surface area (Å²) in [6, 6.07) is 24.1. The molecule has 1 aromatic heterocycles. The van der Waals surface area contributed by atoms with E-state index in [1.165, 1.54) is 5.56 Å². The number of nitrogens with zero attached hydrogens (tertiary/aromatic N) is 1. The summed E-state index contributed by atoms with van der Waals surface area (Å²) in [5, 5.41) is 6.19. The normalized spacial score (nSPS) is 10.3. The molecule has 3 aromatic rings. The second kappa shape index (κ2) is 9.37. The summed E-state index contributed by atoms with van der Waals surface area (Å²) in [5.41, 5.74) is 3.41. The van der Waals surface area contributed by atoms with Crippen molar-refractivity contribution >= 4 is 17.4 Å². The molecule has 0 radical (unpaired) electrons. The Morgan fingerprint density at radius 1 is 0.808 bits per heavy atom. The molecule has 0 bridgehead atoms. The molecule has 0 atom stereocenters. The van der Waals surface area contributed by atoms with Gasteiger partial charge in [-0.3, -0.25) is 4.79 Å². The molecule has 1 amide bonds. The van der Waals surface area contributed by atoms with E-state index in [1.54, 1.807) is 6.20 Å². The highest BCUT2D eigenvalue weighted by Crippen LogP contribution is 2.11. The van der Waals surface area contributed by atoms with E-state index in [2.05, 4.69) is 27.8 Å². The first-order chi connectivity index (χ1) is 12.8. The molecule has 4 heteroatoms. The van der Waals surface area contributed by atoms with Gasteiger partial charge in [-0.15, -0.1) is 0 Å². The lowest BCUT2D eigenvalue weighted by Crippen LogP contribution is -2.13. The lowest BCUT2D eigenvalue weighted by atomic mass is 10.1. The van der Waals surface area contributed by atoms with Crippen molar-refractivity contribution in [2.45, 2.75) is 19.3 Å². The minimum Gasteiger partial charge on any atom is -0.383 e. The number of pyridine rings is 1. The van der Waals surface area contributed by atoms with E-state index in [4.69, 9.17) is 0 Å². The third kappa shape index (κ3) is 5.74. The van der Waals surface area contributed by atoms with Crippen LogP contribution < -0.4 is 10.6 Å². The molecule has 0 spiro atoms. The summed E-state index contributed by atoms with van der Waals surface area (Å²) >= 11 is 0. The average Bonchev–Trinajstić information content (AvgIpc) is 2.69. The van der Waals surface area contributed by atoms with Gasteiger partial charge in [-0.2, -0.15) is 0 Å². The lowest BCUT2D eigenvalue weighted by molar-refractivity contribution is -0.116. The second-order valence-corrected chi connectivity index (χ2v) is 6.13. The summed E-state index contributed by atoms with van der Waals surface area (Å²) in [5.74, 6) is 0.558. The second-order valence-electron chi connectivity index (χ2n) is 6.13. The van der Waals surface area contributed by atoms with Gasteiger partial charge >= 0.3 is 0 Å². The number of nitrogens with one attached hydrogen (secondary N) is 2. The van der Waals surface area contributed by atoms with Crippen molar-refractivity contribution in [3.8, 4) is 0 Å². The number of rotatable bonds is 8. The van der Waals surface area contributed by atoms with Crippen molar-refractivity contribution in [3.05, 3.63) is 90.1 Å². The molecular formula is C22H23N3O. The number of carbonyl (C=O) groups excluding carboxylic acids is 1. The molecule has 4 nitrogen and oxygen atoms in total. The van der Waals surface area contributed by atoms with E-state index < -0.39 is 0 Å². The Balaban J connectivity index is 1.41. The first-order valence-electron chi connectivity index (χ1n) is 8.87. The van der Waals surface area contributed by atoms with Crippen LogP contribution in [0.2, 0.25) is 0 Å². The van der Waals surface area contributed by atoms with Crippen molar-refractivity contribution in [1.82, 2.24) is 4.98 Å². The van der Waals surface area contributed by atoms with E-state index in [0.717, 1.165) is 30.6 Å². The molecule has 0 saturated carbocycles. The van der Waals surface area contributed by atoms with Crippen LogP contribution in [0.4, 0.5) is 11.5 Å². The fourth-order valence-corrected chi connectivity index (χ4v) is 2.68. The predicted molar refractivity (Wildman–Crippen MR) is 106 cm³/mol. The fourth-order valence-electron chi connectivity index (χ4n) is 2.68. The van der Waals surface area contributed by atoms with Crippen LogP contribution in [-0.4, -0.2) is 17.4 Å². The Labute approximate surface area is 154 Å². The Kier molecular flexibility index (Phi) is 6.37. The number of aryl methyl sites for hydroxylation is 1. The molecular weight excluding hydrogens is 322 g/mol. The first-order valence-corrected chi connectivity index (χ1v) is 8.87. The Morgan fingerprint density at radius 2 is 1.46 bits per heavy atom. The van der Waals surface area contributed by atoms with Crippen molar-refractivity contribution in [3.63, 3.8) is 0 Å². The number of aromatic nitrogens is 1. The van der Waals surface area contributed by atoms with Crippen LogP contribution in [0.1, 0.15) is 17.5 Å². The molecule has 0 unspecified atom stereocenters. The van der Waals surface area contributed by atoms with Crippen LogP contribution in [-0.2, 0) is 17.6 Å². The van der Waals surface area contributed by atoms with Crippen molar-refractivity contribution in [1.29, 1.82) is 0 Å². The summed E-state index contributed by atoms with van der Waals surface area (Å²) in [6.45, 7) is 0.842. The van der Waals surface area contributed by atoms with E-state index >= 15 is 0 Å². The van der Waals surface area contributed by atoms with Gasteiger partial charge < -0.3 is 10.6 Å². The van der Waals surface area contributed by atoms with Gasteiger partial charge in [0, 0.05) is 13.0 Å². The molecule has 0 saturated heterocycles. The van der Waals surface area contributed by atoms with E-state index in [0.29, 0.717) is 12.2 Å². The van der Waals surface area contributed by atoms with E-state index in [1.807, 2.05) is 60.7 Å². The van der Waals surface area contributed by atoms with Gasteiger partial charge in [0.05, 0.1) is 11.9 Å². The standard InChI is InChI=1S/C22H23N3O/c26-22(14-11-18-7-3-1-4-8-18)25-21-13-12-20(17-24-21)23-16-15-19-9-5-2-6-10-19/h1-10,12-13,17,23H,11,14-16H2,(H,24,25,26). The molecule has 132 valence electrons. The molecule has 0 aliphatic rings. The van der Waals surface area contributed by atoms with Crippen LogP contribution in [0.25, 0.3) is 0 Å². The summed E-state index contributed by atoms with van der Waals surface area (Å²) < 4.78 is 0. The summed E-state index contributed by atoms with van der Waals surface area (Å²) in [6.07, 6.45) is 3.88. The van der Waals surface area contributed by atoms with Crippen molar-refractivity contribution in [2.24, 2.45) is 0 Å². The third-order valence-electron chi connectivity index (χ3n) is 4.10. The van der Waals surface area contributed by atoms with Crippen LogP contribution in [0, 0.1) is 0 Å². The van der Waals surface area contributed by atoms with Gasteiger partial charge in [0.25, 0.3) is 0 Å². The number of hydrogen-bond acceptors (Lipinski definition) is 3. The topological polar surface area (TPSA) is 54.0 Å². The van der Waals surface area contributed by atoms with Gasteiger partial charge in [0.15, 0.2) is 0 Å². The number of benzene rings is 2. The zero-order valence-electron chi connectivity index (χ0n) is 14.7. The van der Waals surface area contributed by atoms with E-state index in [9.17, 15) is 4.79 Å². The highest BCUT2D eigenvalue weighted by molar-refractivity contribution is 5.89. The number of hydrogen-bond donors (Lipinski definition) is 2. The highest BCUT2D eigenvalue weighted by atomic mass is 16.1. The van der Waals surface area contributed by atoms with Crippen molar-refractivity contribution in [2.75, 3.05) is 17.2 Å². The fraction of sp³-hybridized carbons (Fsp3) is 0.182. The third-order valence-corrected chi connectivity index (χ3v) is 4.10. The van der Waals surface area contributed by atoms with Gasteiger partial charge in [0.2, 0.25) is 5.91 Å². The Bertz CT molecular complexity index is 802. The van der Waals surface area contributed by atoms with Crippen LogP contribution in [0.15, 0.2) is 79.0 Å². The Morgan fingerprint density at radius 3 is 2.08 bits per heavy atom. The molecule has 0 fully saturated rings. The SMILES string of the molecule is O=C(CCc1ccccc1)Nc1ccc(NCCc2ccccc2)cn1. The maximum atomic E-state index is 12.0. The average molecular weight is 345 g/mol. The first kappa shape index (κ1) is 17.7. The molecule has 0 aliphatic heterocycles. The molecule has 3 rings (SSSR count). The molecule has 26 heavy (non-hydrogen) atoms. The minimum atomic E-state index is -0.0221. The molecule has 0 aliphatic carbocycles. The van der Waals surface area contributed by atoms with Crippen LogP contribution >= 0.6 is 0 Å². The summed E-state index contributed by atoms with van der Waals surface area (Å²) in [4.78, 5) is 16.3. The predicted octanol–water partition coefficient (Wildman–Crippen LogP) is 4.31. The maximum Gasteiger partial charge on any atom is 0.225 e. The maximum absolute atomic E-state index is 12.0. The number of amides is 1. The monoisotopic (exact) mass is 345 g/mol. The zero-order valence-corrected chi connectivity index (χ0v) is 14.7. The number of carbonyl (C=O) groups is 1. The minimum absolute atomic E-state index is 0.0221. The van der Waals surface area contributed by atoms with Gasteiger partial charge in [-0.1, -0.05) is 60.7 Å².